The standard InChI is InChI=1S/C22H24N6O4/c1-26-19(16(10-23-26)32-11-17-22(5-6-22)12-27(17)21(30)31)14-4-7-28-15(8-14)9-18(25-28)24-20(29)13-2-3-13/h4,7-10,13,17H,2-3,5-6,11-12H2,1H3,(H,30,31)(H,24,25,29). The fourth-order valence-electron chi connectivity index (χ4n) is 4.69. The van der Waals surface area contributed by atoms with Gasteiger partial charge in [0.15, 0.2) is 11.6 Å². The Kier molecular flexibility index (Phi) is 4.02. The van der Waals surface area contributed by atoms with Crippen LogP contribution in [-0.4, -0.2) is 60.6 Å². The zero-order chi connectivity index (χ0) is 22.0. The normalized spacial score (nSPS) is 20.9. The number of aryl methyl sites for hydroxylation is 1. The van der Waals surface area contributed by atoms with Crippen LogP contribution in [0.4, 0.5) is 10.6 Å². The lowest BCUT2D eigenvalue weighted by Crippen LogP contribution is -2.62. The van der Waals surface area contributed by atoms with Gasteiger partial charge in [0.1, 0.15) is 12.3 Å². The second-order valence-electron chi connectivity index (χ2n) is 9.16. The fraction of sp³-hybridized carbons (Fsp3) is 0.455. The molecule has 3 aliphatic rings. The largest absolute Gasteiger partial charge is 0.487 e. The highest BCUT2D eigenvalue weighted by Gasteiger charge is 2.62. The monoisotopic (exact) mass is 436 g/mol. The summed E-state index contributed by atoms with van der Waals surface area (Å²) < 4.78 is 9.57. The number of ether oxygens (including phenoxy) is 1. The molecule has 1 atom stereocenters. The van der Waals surface area contributed by atoms with Crippen molar-refractivity contribution < 1.29 is 19.4 Å². The van der Waals surface area contributed by atoms with Crippen LogP contribution in [0.25, 0.3) is 16.8 Å². The molecule has 10 nitrogen and oxygen atoms in total. The lowest BCUT2D eigenvalue weighted by atomic mass is 9.86. The van der Waals surface area contributed by atoms with E-state index in [0.717, 1.165) is 42.5 Å². The maximum atomic E-state index is 12.0. The number of aromatic nitrogens is 4. The Morgan fingerprint density at radius 3 is 2.84 bits per heavy atom. The van der Waals surface area contributed by atoms with E-state index >= 15 is 0 Å². The molecule has 0 bridgehead atoms. The molecule has 2 aliphatic carbocycles. The van der Waals surface area contributed by atoms with Crippen molar-refractivity contribution in [1.82, 2.24) is 24.3 Å². The number of hydrogen-bond acceptors (Lipinski definition) is 5. The van der Waals surface area contributed by atoms with E-state index in [1.165, 1.54) is 4.90 Å². The zero-order valence-electron chi connectivity index (χ0n) is 17.7. The van der Waals surface area contributed by atoms with Crippen molar-refractivity contribution in [2.45, 2.75) is 31.7 Å². The minimum absolute atomic E-state index is 0.0239. The molecule has 0 aromatic carbocycles. The van der Waals surface area contributed by atoms with Gasteiger partial charge in [-0.2, -0.15) is 10.2 Å². The average molecular weight is 436 g/mol. The number of anilines is 1. The van der Waals surface area contributed by atoms with E-state index in [1.54, 1.807) is 15.4 Å². The summed E-state index contributed by atoms with van der Waals surface area (Å²) in [4.78, 5) is 25.0. The van der Waals surface area contributed by atoms with Gasteiger partial charge in [-0.3, -0.25) is 9.48 Å². The number of carbonyl (C=O) groups excluding carboxylic acids is 1. The van der Waals surface area contributed by atoms with Crippen LogP contribution in [-0.2, 0) is 11.8 Å². The van der Waals surface area contributed by atoms with Gasteiger partial charge in [-0.1, -0.05) is 0 Å². The number of hydrogen-bond donors (Lipinski definition) is 2. The maximum Gasteiger partial charge on any atom is 0.407 e. The van der Waals surface area contributed by atoms with Crippen LogP contribution in [0.2, 0.25) is 0 Å². The van der Waals surface area contributed by atoms with Crippen molar-refractivity contribution in [2.24, 2.45) is 18.4 Å². The smallest absolute Gasteiger partial charge is 0.407 e. The van der Waals surface area contributed by atoms with E-state index < -0.39 is 6.09 Å². The minimum Gasteiger partial charge on any atom is -0.487 e. The van der Waals surface area contributed by atoms with Gasteiger partial charge in [0, 0.05) is 42.8 Å². The Morgan fingerprint density at radius 2 is 2.12 bits per heavy atom. The average Bonchev–Trinajstić information content (AvgIpc) is 3.66. The third-order valence-electron chi connectivity index (χ3n) is 6.94. The summed E-state index contributed by atoms with van der Waals surface area (Å²) in [5, 5.41) is 21.1. The molecule has 6 rings (SSSR count). The number of rotatable bonds is 6. The highest BCUT2D eigenvalue weighted by atomic mass is 16.5. The molecular formula is C22H24N6O4. The summed E-state index contributed by atoms with van der Waals surface area (Å²) in [6.07, 6.45) is 6.62. The lowest BCUT2D eigenvalue weighted by molar-refractivity contribution is -0.117. The first-order valence-electron chi connectivity index (χ1n) is 10.9. The number of likely N-dealkylation sites (tertiary alicyclic amines) is 1. The van der Waals surface area contributed by atoms with Gasteiger partial charge < -0.3 is 20.1 Å². The van der Waals surface area contributed by atoms with E-state index in [9.17, 15) is 14.7 Å². The Balaban J connectivity index is 1.23. The van der Waals surface area contributed by atoms with Crippen LogP contribution in [0.5, 0.6) is 5.75 Å². The Bertz CT molecular complexity index is 1240. The quantitative estimate of drug-likeness (QED) is 0.614. The van der Waals surface area contributed by atoms with E-state index in [4.69, 9.17) is 4.74 Å². The topological polar surface area (TPSA) is 114 Å². The molecule has 3 fully saturated rings. The number of nitrogens with one attached hydrogen (secondary N) is 1. The van der Waals surface area contributed by atoms with Crippen LogP contribution in [0.3, 0.4) is 0 Å². The summed E-state index contributed by atoms with van der Waals surface area (Å²) in [5.74, 6) is 1.29. The summed E-state index contributed by atoms with van der Waals surface area (Å²) in [6.45, 7) is 0.922. The van der Waals surface area contributed by atoms with Gasteiger partial charge in [0.2, 0.25) is 5.91 Å². The Morgan fingerprint density at radius 1 is 1.31 bits per heavy atom. The summed E-state index contributed by atoms with van der Waals surface area (Å²) >= 11 is 0. The van der Waals surface area contributed by atoms with E-state index in [-0.39, 0.29) is 23.3 Å². The van der Waals surface area contributed by atoms with Crippen LogP contribution >= 0.6 is 0 Å². The molecule has 0 radical (unpaired) electrons. The Hall–Kier alpha value is -3.56. The third-order valence-corrected chi connectivity index (χ3v) is 6.94. The lowest BCUT2D eigenvalue weighted by Gasteiger charge is -2.47. The number of carboxylic acid groups (broad SMARTS) is 1. The molecule has 2 saturated carbocycles. The van der Waals surface area contributed by atoms with Gasteiger partial charge in [0.25, 0.3) is 0 Å². The summed E-state index contributed by atoms with van der Waals surface area (Å²) in [7, 11) is 1.85. The van der Waals surface area contributed by atoms with Crippen molar-refractivity contribution in [3.63, 3.8) is 0 Å². The molecule has 10 heteroatoms. The second-order valence-corrected chi connectivity index (χ2v) is 9.16. The molecule has 3 aromatic heterocycles. The maximum absolute atomic E-state index is 12.0. The van der Waals surface area contributed by atoms with Crippen LogP contribution in [0.1, 0.15) is 25.7 Å². The van der Waals surface area contributed by atoms with Crippen LogP contribution in [0, 0.1) is 11.3 Å². The van der Waals surface area contributed by atoms with E-state index in [0.29, 0.717) is 24.7 Å². The molecule has 4 heterocycles. The first kappa shape index (κ1) is 19.1. The predicted octanol–water partition coefficient (Wildman–Crippen LogP) is 2.60. The van der Waals surface area contributed by atoms with Gasteiger partial charge in [-0.05, 0) is 37.8 Å². The highest BCUT2D eigenvalue weighted by molar-refractivity contribution is 5.93. The molecule has 1 saturated heterocycles. The van der Waals surface area contributed by atoms with Gasteiger partial charge >= 0.3 is 6.09 Å². The number of nitrogens with zero attached hydrogens (tertiary/aromatic N) is 5. The van der Waals surface area contributed by atoms with Crippen LogP contribution in [0.15, 0.2) is 30.6 Å². The highest BCUT2D eigenvalue weighted by Crippen LogP contribution is 2.57. The second kappa shape index (κ2) is 6.72. The molecule has 166 valence electrons. The molecule has 1 spiro atoms. The summed E-state index contributed by atoms with van der Waals surface area (Å²) in [6, 6.07) is 5.63. The van der Waals surface area contributed by atoms with Crippen molar-refractivity contribution >= 4 is 23.3 Å². The molecule has 1 aliphatic heterocycles. The van der Waals surface area contributed by atoms with E-state index in [1.807, 2.05) is 31.4 Å². The first-order chi connectivity index (χ1) is 15.4. The van der Waals surface area contributed by atoms with Gasteiger partial charge in [-0.25, -0.2) is 9.31 Å². The number of carbonyl (C=O) groups is 2. The number of pyridine rings is 1. The SMILES string of the molecule is Cn1ncc(OCC2N(C(=O)O)CC23CC3)c1-c1ccn2nc(NC(=O)C3CC3)cc2c1. The van der Waals surface area contributed by atoms with Crippen molar-refractivity contribution in [1.29, 1.82) is 0 Å². The fourth-order valence-corrected chi connectivity index (χ4v) is 4.69. The number of fused-ring (bicyclic) bond motifs is 1. The minimum atomic E-state index is -0.890. The van der Waals surface area contributed by atoms with Crippen molar-refractivity contribution in [3.05, 3.63) is 30.6 Å². The number of amides is 2. The van der Waals surface area contributed by atoms with Crippen LogP contribution < -0.4 is 10.1 Å². The van der Waals surface area contributed by atoms with Crippen molar-refractivity contribution in [2.75, 3.05) is 18.5 Å². The third kappa shape index (κ3) is 3.09. The molecule has 3 aromatic rings. The molecule has 2 N–H and O–H groups in total. The molecule has 1 unspecified atom stereocenters. The first-order valence-corrected chi connectivity index (χ1v) is 10.9. The predicted molar refractivity (Wildman–Crippen MR) is 114 cm³/mol. The molecule has 32 heavy (non-hydrogen) atoms. The Labute approximate surface area is 183 Å². The van der Waals surface area contributed by atoms with E-state index in [2.05, 4.69) is 15.5 Å². The van der Waals surface area contributed by atoms with Gasteiger partial charge in [-0.15, -0.1) is 0 Å². The zero-order valence-corrected chi connectivity index (χ0v) is 17.7. The van der Waals surface area contributed by atoms with Crippen molar-refractivity contribution in [3.8, 4) is 17.0 Å². The summed E-state index contributed by atoms with van der Waals surface area (Å²) in [5.41, 5.74) is 2.66. The van der Waals surface area contributed by atoms with Gasteiger partial charge in [0.05, 0.1) is 17.8 Å². The molecular weight excluding hydrogens is 412 g/mol. The molecule has 2 amide bonds.